The summed E-state index contributed by atoms with van der Waals surface area (Å²) in [4.78, 5) is 84.0. The first-order valence-corrected chi connectivity index (χ1v) is 46.1. The van der Waals surface area contributed by atoms with Gasteiger partial charge in [0, 0.05) is 131 Å². The number of pyridine rings is 3. The fourth-order valence-electron chi connectivity index (χ4n) is 15.7. The fraction of sp³-hybridized carbons (Fsp3) is 0.537. The molecule has 702 valence electrons. The largest absolute Gasteiger partial charge is 0.534 e. The number of hydrogen-bond acceptors (Lipinski definition) is 23. The molecule has 5 amide bonds. The van der Waals surface area contributed by atoms with Crippen molar-refractivity contribution in [3.05, 3.63) is 191 Å². The number of aromatic nitrogens is 3. The summed E-state index contributed by atoms with van der Waals surface area (Å²) >= 11 is 0. The average molecular weight is 1820 g/mol. The first-order chi connectivity index (χ1) is 60.6. The van der Waals surface area contributed by atoms with Gasteiger partial charge in [0.15, 0.2) is 11.4 Å². The first kappa shape index (κ1) is 101. The molecule has 3 atom stereocenters. The van der Waals surface area contributed by atoms with Crippen molar-refractivity contribution >= 4 is 83.5 Å². The summed E-state index contributed by atoms with van der Waals surface area (Å²) in [5.74, 6) is 1.20. The topological polar surface area (TPSA) is 297 Å². The predicted molar refractivity (Wildman–Crippen MR) is 492 cm³/mol. The van der Waals surface area contributed by atoms with E-state index in [2.05, 4.69) is 42.7 Å². The van der Waals surface area contributed by atoms with E-state index < -0.39 is 71.0 Å². The minimum absolute atomic E-state index is 0.0237. The minimum Gasteiger partial charge on any atom is -0.481 e. The summed E-state index contributed by atoms with van der Waals surface area (Å²) in [6, 6.07) is 33.1. The summed E-state index contributed by atoms with van der Waals surface area (Å²) in [7, 11) is -7.27. The van der Waals surface area contributed by atoms with Crippen LogP contribution in [0.15, 0.2) is 146 Å². The lowest BCUT2D eigenvalue weighted by atomic mass is 9.49. The molecule has 9 aliphatic rings. The Morgan fingerprint density at radius 1 is 0.446 bits per heavy atom. The van der Waals surface area contributed by atoms with Gasteiger partial charge in [0.1, 0.15) is 56.7 Å². The molecular weight excluding hydrogens is 1690 g/mol. The SMILES string of the molecule is CC(C)(C)OC(=O)N1CCC2(C=C(OS(=O)(=O)C(F)(F)F)c3ccccc3O2)C1.CC1(C)OB(B2OC(C)(C)C(C)(C)O2)OC1(C)C.CCN(CC)C(=O)c1ccc(B2OC(C)(C)C(C)(C)O2)cn1.CCN(CC)C(=O)c1ccc(C2=CC3(CCN(C(=O)OC(C)(C)C)C3)Oc3ccccc32)cn1.CCN(CC)C(=O)c1ccc(C2=CC3(CCNC3)Oc3ccccc32)cn1. The molecule has 0 radical (unpaired) electrons. The third-order valence-corrected chi connectivity index (χ3v) is 26.1. The van der Waals surface area contributed by atoms with Gasteiger partial charge in [-0.25, -0.2) is 9.59 Å². The Morgan fingerprint density at radius 2 is 0.785 bits per heavy atom. The molecule has 6 fully saturated rings. The van der Waals surface area contributed by atoms with Gasteiger partial charge in [-0.1, -0.05) is 66.7 Å². The molecule has 3 unspecified atom stereocenters. The smallest absolute Gasteiger partial charge is 0.481 e. The molecular formula is C95H127B3F3N9O19S. The molecule has 28 nitrogen and oxygen atoms in total. The summed E-state index contributed by atoms with van der Waals surface area (Å²) in [6.07, 6.45) is 11.6. The van der Waals surface area contributed by atoms with Crippen LogP contribution in [0.4, 0.5) is 22.8 Å². The first-order valence-electron chi connectivity index (χ1n) is 44.7. The number of ether oxygens (including phenoxy) is 5. The highest BCUT2D eigenvalue weighted by Crippen LogP contribution is 2.48. The summed E-state index contributed by atoms with van der Waals surface area (Å²) in [5.41, 5.74) is -2.92. The number of carbonyl (C=O) groups is 5. The molecule has 3 spiro atoms. The minimum atomic E-state index is -5.87. The van der Waals surface area contributed by atoms with Gasteiger partial charge in [-0.3, -0.25) is 29.3 Å². The Morgan fingerprint density at radius 3 is 1.12 bits per heavy atom. The van der Waals surface area contributed by atoms with Gasteiger partial charge in [-0.2, -0.15) is 21.6 Å². The van der Waals surface area contributed by atoms with Crippen LogP contribution in [0, 0.1) is 0 Å². The van der Waals surface area contributed by atoms with Gasteiger partial charge in [-0.15, -0.1) is 0 Å². The molecule has 1 N–H and O–H groups in total. The molecule has 3 aromatic heterocycles. The van der Waals surface area contributed by atoms with Gasteiger partial charge in [0.05, 0.1) is 52.3 Å². The number of benzene rings is 3. The van der Waals surface area contributed by atoms with E-state index in [1.165, 1.54) is 29.2 Å². The third kappa shape index (κ3) is 22.7. The van der Waals surface area contributed by atoms with Crippen molar-refractivity contribution in [2.45, 2.75) is 253 Å². The van der Waals surface area contributed by atoms with Gasteiger partial charge in [0.25, 0.3) is 17.7 Å². The number of carbonyl (C=O) groups excluding carboxylic acids is 5. The summed E-state index contributed by atoms with van der Waals surface area (Å²) in [6.45, 7) is 53.7. The van der Waals surface area contributed by atoms with Crippen LogP contribution < -0.4 is 25.0 Å². The van der Waals surface area contributed by atoms with E-state index in [0.717, 1.165) is 69.9 Å². The van der Waals surface area contributed by atoms with Gasteiger partial charge in [0.2, 0.25) is 0 Å². The van der Waals surface area contributed by atoms with Gasteiger partial charge < -0.3 is 85.6 Å². The van der Waals surface area contributed by atoms with Crippen LogP contribution in [0.25, 0.3) is 16.9 Å². The van der Waals surface area contributed by atoms with E-state index in [4.69, 9.17) is 51.6 Å². The van der Waals surface area contributed by atoms with Crippen LogP contribution in [-0.2, 0) is 51.7 Å². The second-order valence-corrected chi connectivity index (χ2v) is 40.0. The Bertz CT molecular complexity index is 5200. The number of alkyl halides is 3. The number of hydrogen-bond donors (Lipinski definition) is 1. The molecule has 6 saturated heterocycles. The number of nitrogens with one attached hydrogen (secondary N) is 1. The zero-order valence-corrected chi connectivity index (χ0v) is 80.4. The predicted octanol–water partition coefficient (Wildman–Crippen LogP) is 15.7. The van der Waals surface area contributed by atoms with Crippen LogP contribution in [0.2, 0.25) is 0 Å². The van der Waals surface area contributed by atoms with Crippen molar-refractivity contribution in [3.8, 4) is 17.2 Å². The maximum absolute atomic E-state index is 12.8. The number of fused-ring (bicyclic) bond motifs is 3. The number of rotatable bonds is 15. The second kappa shape index (κ2) is 38.8. The highest BCUT2D eigenvalue weighted by molar-refractivity contribution is 7.87. The molecule has 9 aliphatic heterocycles. The lowest BCUT2D eigenvalue weighted by Gasteiger charge is -2.34. The van der Waals surface area contributed by atoms with Crippen molar-refractivity contribution in [1.29, 1.82) is 0 Å². The van der Waals surface area contributed by atoms with Crippen molar-refractivity contribution in [3.63, 3.8) is 0 Å². The maximum Gasteiger partial charge on any atom is 0.534 e. The van der Waals surface area contributed by atoms with E-state index >= 15 is 0 Å². The van der Waals surface area contributed by atoms with E-state index in [1.807, 2.05) is 212 Å². The zero-order chi connectivity index (χ0) is 95.6. The van der Waals surface area contributed by atoms with Gasteiger partial charge in [-0.05, 0) is 238 Å². The monoisotopic (exact) mass is 1820 g/mol. The van der Waals surface area contributed by atoms with Crippen molar-refractivity contribution in [2.75, 3.05) is 78.5 Å². The molecule has 12 heterocycles. The Hall–Kier alpha value is -9.87. The fourth-order valence-corrected chi connectivity index (χ4v) is 16.1. The number of nitrogens with zero attached hydrogens (tertiary/aromatic N) is 8. The molecule has 15 rings (SSSR count). The molecule has 0 aliphatic carbocycles. The molecule has 0 saturated carbocycles. The van der Waals surface area contributed by atoms with Crippen LogP contribution >= 0.6 is 0 Å². The number of amides is 5. The maximum atomic E-state index is 12.8. The summed E-state index contributed by atoms with van der Waals surface area (Å²) < 4.78 is 131. The van der Waals surface area contributed by atoms with E-state index in [0.29, 0.717) is 75.9 Å². The van der Waals surface area contributed by atoms with E-state index in [-0.39, 0.29) is 93.8 Å². The lowest BCUT2D eigenvalue weighted by molar-refractivity contribution is -0.0511. The molecule has 35 heteroatoms. The number of para-hydroxylation sites is 3. The number of likely N-dealkylation sites (tertiary alicyclic amines) is 2. The second-order valence-electron chi connectivity index (χ2n) is 38.4. The standard InChI is InChI=1S/C27H33N3O4.C22H25N3O2.C18H20F3NO6S.C16H25BN2O3.C12H24B2O4/c1-6-29(7-2)24(31)22-13-12-19(17-28-22)21-16-27(33-23-11-9-8-10-20(21)23)14-15-30(18-27)25(32)34-26(3,4)5;1-3-25(4-2)21(26)19-10-9-16(14-24-19)18-13-22(11-12-23-15-22)27-20-8-6-5-7-17(18)20;1-16(2,3)27-15(23)22-9-8-17(11-22)10-14(28-29(24,25)18(19,20)21)12-6-4-5-7-13(12)26-17;1-7-19(8-2)14(20)13-10-9-12(11-18-13)17-21-15(3,4)16(5,6)22-17;1-9(2)10(3,4)16-13(15-9)14-17-11(5,6)12(7,8)18-14/h8-13,16-17H,6-7,14-15,18H2,1-5H3;5-10,13-14,23H,3-4,11-12,15H2,1-2H3;4-7,10H,8-9,11H2,1-3H3;9-11H,7-8H2,1-6H3;1-8H3. The van der Waals surface area contributed by atoms with E-state index in [9.17, 15) is 45.6 Å². The molecule has 3 aromatic carbocycles. The molecule has 0 bridgehead atoms. The average Bonchev–Trinajstić information content (AvgIpc) is 1.61. The number of halogens is 3. The summed E-state index contributed by atoms with van der Waals surface area (Å²) in [5, 5.41) is 3.40. The Kier molecular flexibility index (Phi) is 30.0. The molecule has 6 aromatic rings. The van der Waals surface area contributed by atoms with Gasteiger partial charge >= 0.3 is 48.9 Å². The van der Waals surface area contributed by atoms with Crippen LogP contribution in [-0.4, -0.2) is 245 Å². The Labute approximate surface area is 764 Å². The van der Waals surface area contributed by atoms with Crippen molar-refractivity contribution in [2.24, 2.45) is 0 Å². The molecule has 130 heavy (non-hydrogen) atoms. The highest BCUT2D eigenvalue weighted by atomic mass is 32.2. The quantitative estimate of drug-likeness (QED) is 0.0567. The zero-order valence-electron chi connectivity index (χ0n) is 79.6. The highest BCUT2D eigenvalue weighted by Gasteiger charge is 2.64. The normalized spacial score (nSPS) is 22.0. The third-order valence-electron chi connectivity index (χ3n) is 25.2. The van der Waals surface area contributed by atoms with Crippen molar-refractivity contribution in [1.82, 2.24) is 44.8 Å². The van der Waals surface area contributed by atoms with Crippen LogP contribution in [0.3, 0.4) is 0 Å². The lowest BCUT2D eigenvalue weighted by Crippen LogP contribution is -2.42. The Balaban J connectivity index is 0.000000159. The van der Waals surface area contributed by atoms with E-state index in [1.54, 1.807) is 77.2 Å². The van der Waals surface area contributed by atoms with Crippen LogP contribution in [0.1, 0.15) is 245 Å². The van der Waals surface area contributed by atoms with Crippen molar-refractivity contribution < 1.29 is 101 Å². The van der Waals surface area contributed by atoms with Crippen LogP contribution in [0.5, 0.6) is 17.2 Å².